The summed E-state index contributed by atoms with van der Waals surface area (Å²) in [6.45, 7) is 4.17. The van der Waals surface area contributed by atoms with Gasteiger partial charge in [0.15, 0.2) is 5.82 Å². The van der Waals surface area contributed by atoms with Gasteiger partial charge in [0.1, 0.15) is 17.8 Å². The summed E-state index contributed by atoms with van der Waals surface area (Å²) in [6.07, 6.45) is 3.93. The second kappa shape index (κ2) is 4.77. The van der Waals surface area contributed by atoms with Crippen molar-refractivity contribution in [3.63, 3.8) is 0 Å². The van der Waals surface area contributed by atoms with E-state index in [1.54, 1.807) is 0 Å². The van der Waals surface area contributed by atoms with Crippen LogP contribution in [0.25, 0.3) is 11.0 Å². The molecule has 2 unspecified atom stereocenters. The number of H-pyrrole nitrogens is 1. The third-order valence-electron chi connectivity index (χ3n) is 4.02. The third-order valence-corrected chi connectivity index (χ3v) is 4.02. The van der Waals surface area contributed by atoms with E-state index in [9.17, 15) is 4.39 Å². The monoisotopic (exact) mass is 263 g/mol. The number of nitrogens with one attached hydrogen (secondary N) is 2. The molecule has 1 aliphatic heterocycles. The zero-order valence-corrected chi connectivity index (χ0v) is 11.2. The van der Waals surface area contributed by atoms with E-state index in [4.69, 9.17) is 0 Å². The maximum atomic E-state index is 13.9. The molecule has 102 valence electrons. The summed E-state index contributed by atoms with van der Waals surface area (Å²) >= 11 is 0. The SMILES string of the molecule is CC1CCNCC1N(C)c1ncnc2[nH]cc(F)c12. The molecule has 2 N–H and O–H groups in total. The van der Waals surface area contributed by atoms with Crippen molar-refractivity contribution in [1.82, 2.24) is 20.3 Å². The summed E-state index contributed by atoms with van der Waals surface area (Å²) in [4.78, 5) is 13.2. The summed E-state index contributed by atoms with van der Waals surface area (Å²) < 4.78 is 13.9. The number of anilines is 1. The molecule has 0 aliphatic carbocycles. The molecule has 0 radical (unpaired) electrons. The molecule has 1 saturated heterocycles. The molecule has 5 nitrogen and oxygen atoms in total. The Balaban J connectivity index is 2.01. The van der Waals surface area contributed by atoms with E-state index in [1.165, 1.54) is 12.5 Å². The molecule has 0 bridgehead atoms. The highest BCUT2D eigenvalue weighted by molar-refractivity contribution is 5.88. The zero-order valence-electron chi connectivity index (χ0n) is 11.2. The van der Waals surface area contributed by atoms with Crippen LogP contribution in [0.15, 0.2) is 12.5 Å². The van der Waals surface area contributed by atoms with Gasteiger partial charge in [0.2, 0.25) is 0 Å². The number of halogens is 1. The number of nitrogens with zero attached hydrogens (tertiary/aromatic N) is 3. The molecule has 0 saturated carbocycles. The van der Waals surface area contributed by atoms with E-state index in [2.05, 4.69) is 32.1 Å². The minimum atomic E-state index is -0.297. The van der Waals surface area contributed by atoms with Crippen LogP contribution in [0.2, 0.25) is 0 Å². The smallest absolute Gasteiger partial charge is 0.153 e. The number of rotatable bonds is 2. The van der Waals surface area contributed by atoms with Crippen molar-refractivity contribution >= 4 is 16.9 Å². The van der Waals surface area contributed by atoms with Crippen LogP contribution in [0.3, 0.4) is 0 Å². The van der Waals surface area contributed by atoms with E-state index in [-0.39, 0.29) is 5.82 Å². The van der Waals surface area contributed by atoms with Crippen molar-refractivity contribution in [1.29, 1.82) is 0 Å². The van der Waals surface area contributed by atoms with Crippen LogP contribution in [0.5, 0.6) is 0 Å². The van der Waals surface area contributed by atoms with Crippen LogP contribution in [-0.4, -0.2) is 41.1 Å². The topological polar surface area (TPSA) is 56.8 Å². The van der Waals surface area contributed by atoms with Crippen molar-refractivity contribution in [2.45, 2.75) is 19.4 Å². The Bertz CT molecular complexity index is 581. The third kappa shape index (κ3) is 2.06. The van der Waals surface area contributed by atoms with Gasteiger partial charge in [-0.25, -0.2) is 14.4 Å². The Morgan fingerprint density at radius 3 is 3.05 bits per heavy atom. The Labute approximate surface area is 111 Å². The zero-order chi connectivity index (χ0) is 13.4. The fourth-order valence-corrected chi connectivity index (χ4v) is 2.83. The lowest BCUT2D eigenvalue weighted by Crippen LogP contribution is -2.49. The van der Waals surface area contributed by atoms with E-state index in [0.29, 0.717) is 28.8 Å². The summed E-state index contributed by atoms with van der Waals surface area (Å²) in [7, 11) is 1.97. The van der Waals surface area contributed by atoms with Crippen LogP contribution in [-0.2, 0) is 0 Å². The van der Waals surface area contributed by atoms with Crippen LogP contribution in [0, 0.1) is 11.7 Å². The first-order valence-corrected chi connectivity index (χ1v) is 6.59. The lowest BCUT2D eigenvalue weighted by Gasteiger charge is -2.37. The van der Waals surface area contributed by atoms with Crippen LogP contribution >= 0.6 is 0 Å². The Kier molecular flexibility index (Phi) is 3.10. The maximum Gasteiger partial charge on any atom is 0.153 e. The molecular weight excluding hydrogens is 245 g/mol. The van der Waals surface area contributed by atoms with Crippen molar-refractivity contribution in [3.05, 3.63) is 18.3 Å². The minimum Gasteiger partial charge on any atom is -0.354 e. The van der Waals surface area contributed by atoms with Crippen molar-refractivity contribution in [2.24, 2.45) is 5.92 Å². The van der Waals surface area contributed by atoms with E-state index in [0.717, 1.165) is 19.5 Å². The molecule has 1 fully saturated rings. The number of aromatic nitrogens is 3. The number of hydrogen-bond acceptors (Lipinski definition) is 4. The maximum absolute atomic E-state index is 13.9. The predicted octanol–water partition coefficient (Wildman–Crippen LogP) is 1.53. The van der Waals surface area contributed by atoms with Crippen molar-refractivity contribution < 1.29 is 4.39 Å². The standard InChI is InChI=1S/C13H18FN5/c1-8-3-4-15-6-10(8)19(2)13-11-9(14)5-16-12(11)17-7-18-13/h5,7-8,10,15H,3-4,6H2,1-2H3,(H,16,17,18). The number of hydrogen-bond donors (Lipinski definition) is 2. The molecule has 19 heavy (non-hydrogen) atoms. The van der Waals surface area contributed by atoms with Gasteiger partial charge in [-0.05, 0) is 18.9 Å². The molecule has 3 heterocycles. The van der Waals surface area contributed by atoms with Gasteiger partial charge in [-0.2, -0.15) is 0 Å². The fraction of sp³-hybridized carbons (Fsp3) is 0.538. The van der Waals surface area contributed by atoms with Gasteiger partial charge in [-0.3, -0.25) is 0 Å². The quantitative estimate of drug-likeness (QED) is 0.862. The summed E-state index contributed by atoms with van der Waals surface area (Å²) in [5.41, 5.74) is 0.547. The van der Waals surface area contributed by atoms with Gasteiger partial charge in [0.05, 0.1) is 5.39 Å². The number of fused-ring (bicyclic) bond motifs is 1. The lowest BCUT2D eigenvalue weighted by molar-refractivity contribution is 0.337. The minimum absolute atomic E-state index is 0.297. The number of likely N-dealkylation sites (N-methyl/N-ethyl adjacent to an activating group) is 1. The Morgan fingerprint density at radius 2 is 2.26 bits per heavy atom. The second-order valence-corrected chi connectivity index (χ2v) is 5.21. The van der Waals surface area contributed by atoms with Crippen molar-refractivity contribution in [2.75, 3.05) is 25.0 Å². The van der Waals surface area contributed by atoms with Gasteiger partial charge in [-0.1, -0.05) is 6.92 Å². The van der Waals surface area contributed by atoms with Gasteiger partial charge >= 0.3 is 0 Å². The molecule has 0 aromatic carbocycles. The first kappa shape index (κ1) is 12.3. The lowest BCUT2D eigenvalue weighted by atomic mass is 9.93. The summed E-state index contributed by atoms with van der Waals surface area (Å²) in [6, 6.07) is 0.321. The summed E-state index contributed by atoms with van der Waals surface area (Å²) in [5.74, 6) is 0.913. The van der Waals surface area contributed by atoms with E-state index < -0.39 is 0 Å². The fourth-order valence-electron chi connectivity index (χ4n) is 2.83. The number of aromatic amines is 1. The first-order chi connectivity index (χ1) is 9.18. The molecule has 2 aromatic heterocycles. The van der Waals surface area contributed by atoms with E-state index >= 15 is 0 Å². The normalized spacial score (nSPS) is 23.7. The largest absolute Gasteiger partial charge is 0.354 e. The first-order valence-electron chi connectivity index (χ1n) is 6.59. The van der Waals surface area contributed by atoms with Gasteiger partial charge in [-0.15, -0.1) is 0 Å². The van der Waals surface area contributed by atoms with E-state index in [1.807, 2.05) is 7.05 Å². The van der Waals surface area contributed by atoms with Crippen LogP contribution in [0.4, 0.5) is 10.2 Å². The highest BCUT2D eigenvalue weighted by Gasteiger charge is 2.27. The molecule has 6 heteroatoms. The van der Waals surface area contributed by atoms with Crippen molar-refractivity contribution in [3.8, 4) is 0 Å². The van der Waals surface area contributed by atoms with Gasteiger partial charge in [0.25, 0.3) is 0 Å². The Hall–Kier alpha value is -1.69. The predicted molar refractivity (Wildman–Crippen MR) is 72.7 cm³/mol. The molecule has 3 rings (SSSR count). The summed E-state index contributed by atoms with van der Waals surface area (Å²) in [5, 5.41) is 3.86. The van der Waals surface area contributed by atoms with Crippen LogP contribution < -0.4 is 10.2 Å². The van der Waals surface area contributed by atoms with Crippen LogP contribution in [0.1, 0.15) is 13.3 Å². The molecule has 1 aliphatic rings. The second-order valence-electron chi connectivity index (χ2n) is 5.21. The average Bonchev–Trinajstić information content (AvgIpc) is 2.81. The Morgan fingerprint density at radius 1 is 1.42 bits per heavy atom. The highest BCUT2D eigenvalue weighted by atomic mass is 19.1. The van der Waals surface area contributed by atoms with Gasteiger partial charge < -0.3 is 15.2 Å². The molecular formula is C13H18FN5. The van der Waals surface area contributed by atoms with Gasteiger partial charge in [0, 0.05) is 25.8 Å². The molecule has 0 amide bonds. The average molecular weight is 263 g/mol. The highest BCUT2D eigenvalue weighted by Crippen LogP contribution is 2.28. The molecule has 0 spiro atoms. The number of piperidine rings is 1. The molecule has 2 atom stereocenters. The molecule has 2 aromatic rings.